The minimum Gasteiger partial charge on any atom is -0.383 e. The molecule has 0 bridgehead atoms. The molecule has 0 atom stereocenters. The number of anilines is 1. The molecule has 84 valence electrons. The van der Waals surface area contributed by atoms with Crippen molar-refractivity contribution in [1.29, 1.82) is 0 Å². The quantitative estimate of drug-likeness (QED) is 0.919. The van der Waals surface area contributed by atoms with E-state index in [1.807, 2.05) is 0 Å². The SMILES string of the molecule is Cc1cccc(Cn2ncc(Br)c2N)c1C. The van der Waals surface area contributed by atoms with Crippen LogP contribution in [0.25, 0.3) is 0 Å². The topological polar surface area (TPSA) is 43.8 Å². The van der Waals surface area contributed by atoms with E-state index >= 15 is 0 Å². The highest BCUT2D eigenvalue weighted by Crippen LogP contribution is 2.20. The Hall–Kier alpha value is -1.29. The predicted octanol–water partition coefficient (Wildman–Crippen LogP) is 2.89. The van der Waals surface area contributed by atoms with Crippen LogP contribution in [-0.4, -0.2) is 9.78 Å². The summed E-state index contributed by atoms with van der Waals surface area (Å²) in [6.07, 6.45) is 1.72. The molecule has 0 fully saturated rings. The lowest BCUT2D eigenvalue weighted by Crippen LogP contribution is -2.07. The van der Waals surface area contributed by atoms with Crippen molar-refractivity contribution in [2.75, 3.05) is 5.73 Å². The fourth-order valence-electron chi connectivity index (χ4n) is 1.64. The van der Waals surface area contributed by atoms with Gasteiger partial charge in [0.2, 0.25) is 0 Å². The first kappa shape index (κ1) is 11.2. The minimum absolute atomic E-state index is 0.668. The van der Waals surface area contributed by atoms with E-state index in [4.69, 9.17) is 5.73 Å². The summed E-state index contributed by atoms with van der Waals surface area (Å²) in [5.74, 6) is 0.668. The molecule has 0 unspecified atom stereocenters. The zero-order valence-electron chi connectivity index (χ0n) is 9.37. The van der Waals surface area contributed by atoms with E-state index in [0.29, 0.717) is 12.4 Å². The van der Waals surface area contributed by atoms with Crippen molar-refractivity contribution in [3.63, 3.8) is 0 Å². The molecular formula is C12H14BrN3. The third-order valence-electron chi connectivity index (χ3n) is 2.87. The van der Waals surface area contributed by atoms with Crippen LogP contribution >= 0.6 is 15.9 Å². The first-order valence-corrected chi connectivity index (χ1v) is 5.90. The van der Waals surface area contributed by atoms with Gasteiger partial charge in [0.05, 0.1) is 17.2 Å². The molecule has 2 aromatic rings. The second-order valence-electron chi connectivity index (χ2n) is 3.89. The van der Waals surface area contributed by atoms with Crippen molar-refractivity contribution < 1.29 is 0 Å². The molecular weight excluding hydrogens is 266 g/mol. The smallest absolute Gasteiger partial charge is 0.136 e. The van der Waals surface area contributed by atoms with E-state index in [0.717, 1.165) is 4.47 Å². The molecule has 0 aliphatic heterocycles. The van der Waals surface area contributed by atoms with Crippen molar-refractivity contribution in [3.05, 3.63) is 45.6 Å². The standard InChI is InChI=1S/C12H14BrN3/c1-8-4-3-5-10(9(8)2)7-16-12(14)11(13)6-15-16/h3-6H,7,14H2,1-2H3. The van der Waals surface area contributed by atoms with Gasteiger partial charge >= 0.3 is 0 Å². The van der Waals surface area contributed by atoms with Crippen LogP contribution in [0.3, 0.4) is 0 Å². The number of aryl methyl sites for hydroxylation is 1. The Morgan fingerprint density at radius 3 is 2.75 bits per heavy atom. The summed E-state index contributed by atoms with van der Waals surface area (Å²) in [6, 6.07) is 6.28. The lowest BCUT2D eigenvalue weighted by molar-refractivity contribution is 0.693. The molecule has 4 heteroatoms. The summed E-state index contributed by atoms with van der Waals surface area (Å²) < 4.78 is 2.64. The van der Waals surface area contributed by atoms with Crippen LogP contribution in [0.5, 0.6) is 0 Å². The monoisotopic (exact) mass is 279 g/mol. The van der Waals surface area contributed by atoms with Crippen LogP contribution in [0.4, 0.5) is 5.82 Å². The van der Waals surface area contributed by atoms with Gasteiger partial charge in [0, 0.05) is 0 Å². The lowest BCUT2D eigenvalue weighted by atomic mass is 10.0. The number of nitrogen functional groups attached to an aromatic ring is 1. The van der Waals surface area contributed by atoms with Gasteiger partial charge in [0.15, 0.2) is 0 Å². The molecule has 0 aliphatic rings. The van der Waals surface area contributed by atoms with Gasteiger partial charge in [-0.2, -0.15) is 5.10 Å². The number of nitrogens with zero attached hydrogens (tertiary/aromatic N) is 2. The van der Waals surface area contributed by atoms with Crippen LogP contribution in [0.15, 0.2) is 28.9 Å². The van der Waals surface area contributed by atoms with E-state index in [-0.39, 0.29) is 0 Å². The molecule has 1 aromatic carbocycles. The Balaban J connectivity index is 2.34. The Bertz CT molecular complexity index is 517. The molecule has 2 rings (SSSR count). The van der Waals surface area contributed by atoms with Crippen LogP contribution < -0.4 is 5.73 Å². The molecule has 3 nitrogen and oxygen atoms in total. The van der Waals surface area contributed by atoms with E-state index in [1.165, 1.54) is 16.7 Å². The highest BCUT2D eigenvalue weighted by atomic mass is 79.9. The second-order valence-corrected chi connectivity index (χ2v) is 4.75. The molecule has 0 saturated carbocycles. The van der Waals surface area contributed by atoms with Gasteiger partial charge in [0.1, 0.15) is 5.82 Å². The summed E-state index contributed by atoms with van der Waals surface area (Å²) in [6.45, 7) is 4.95. The lowest BCUT2D eigenvalue weighted by Gasteiger charge is -2.09. The van der Waals surface area contributed by atoms with E-state index in [9.17, 15) is 0 Å². The molecule has 16 heavy (non-hydrogen) atoms. The zero-order chi connectivity index (χ0) is 11.7. The average molecular weight is 280 g/mol. The Morgan fingerprint density at radius 1 is 1.38 bits per heavy atom. The molecule has 0 aliphatic carbocycles. The number of nitrogens with two attached hydrogens (primary N) is 1. The van der Waals surface area contributed by atoms with Crippen LogP contribution in [0.1, 0.15) is 16.7 Å². The number of hydrogen-bond acceptors (Lipinski definition) is 2. The number of rotatable bonds is 2. The maximum atomic E-state index is 5.89. The van der Waals surface area contributed by atoms with Gasteiger partial charge in [0.25, 0.3) is 0 Å². The largest absolute Gasteiger partial charge is 0.383 e. The Morgan fingerprint density at radius 2 is 2.12 bits per heavy atom. The van der Waals surface area contributed by atoms with Gasteiger partial charge < -0.3 is 5.73 Å². The van der Waals surface area contributed by atoms with E-state index in [1.54, 1.807) is 10.9 Å². The number of hydrogen-bond donors (Lipinski definition) is 1. The Labute approximate surface area is 103 Å². The predicted molar refractivity (Wildman–Crippen MR) is 69.4 cm³/mol. The van der Waals surface area contributed by atoms with Crippen molar-refractivity contribution >= 4 is 21.7 Å². The minimum atomic E-state index is 0.668. The number of halogens is 1. The van der Waals surface area contributed by atoms with Crippen molar-refractivity contribution in [2.45, 2.75) is 20.4 Å². The molecule has 0 amide bonds. The van der Waals surface area contributed by atoms with Gasteiger partial charge in [-0.3, -0.25) is 0 Å². The summed E-state index contributed by atoms with van der Waals surface area (Å²) in [5.41, 5.74) is 9.74. The highest BCUT2D eigenvalue weighted by molar-refractivity contribution is 9.10. The second kappa shape index (κ2) is 4.29. The maximum Gasteiger partial charge on any atom is 0.136 e. The third kappa shape index (κ3) is 1.97. The number of benzene rings is 1. The van der Waals surface area contributed by atoms with E-state index in [2.05, 4.69) is 53.1 Å². The van der Waals surface area contributed by atoms with Crippen LogP contribution in [0.2, 0.25) is 0 Å². The van der Waals surface area contributed by atoms with Crippen molar-refractivity contribution in [1.82, 2.24) is 9.78 Å². The highest BCUT2D eigenvalue weighted by Gasteiger charge is 2.07. The molecule has 2 N–H and O–H groups in total. The normalized spacial score (nSPS) is 10.7. The van der Waals surface area contributed by atoms with E-state index < -0.39 is 0 Å². The molecule has 1 heterocycles. The molecule has 0 radical (unpaired) electrons. The summed E-state index contributed by atoms with van der Waals surface area (Å²) in [4.78, 5) is 0. The first-order valence-electron chi connectivity index (χ1n) is 5.11. The fraction of sp³-hybridized carbons (Fsp3) is 0.250. The summed E-state index contributed by atoms with van der Waals surface area (Å²) in [7, 11) is 0. The van der Waals surface area contributed by atoms with Gasteiger partial charge in [-0.15, -0.1) is 0 Å². The first-order chi connectivity index (χ1) is 7.59. The zero-order valence-corrected chi connectivity index (χ0v) is 11.0. The molecule has 0 spiro atoms. The van der Waals surface area contributed by atoms with Gasteiger partial charge in [-0.05, 0) is 46.5 Å². The number of aromatic nitrogens is 2. The third-order valence-corrected chi connectivity index (χ3v) is 3.48. The summed E-state index contributed by atoms with van der Waals surface area (Å²) in [5, 5.41) is 4.23. The fourth-order valence-corrected chi connectivity index (χ4v) is 1.94. The maximum absolute atomic E-state index is 5.89. The Kier molecular flexibility index (Phi) is 3.01. The summed E-state index contributed by atoms with van der Waals surface area (Å²) >= 11 is 3.35. The average Bonchev–Trinajstić information content (AvgIpc) is 2.57. The van der Waals surface area contributed by atoms with Gasteiger partial charge in [-0.1, -0.05) is 18.2 Å². The molecule has 0 saturated heterocycles. The van der Waals surface area contributed by atoms with Gasteiger partial charge in [-0.25, -0.2) is 4.68 Å². The van der Waals surface area contributed by atoms with Crippen LogP contribution in [-0.2, 0) is 6.54 Å². The van der Waals surface area contributed by atoms with Crippen molar-refractivity contribution in [3.8, 4) is 0 Å². The van der Waals surface area contributed by atoms with Crippen LogP contribution in [0, 0.1) is 13.8 Å². The molecule has 1 aromatic heterocycles. The van der Waals surface area contributed by atoms with Crippen molar-refractivity contribution in [2.24, 2.45) is 0 Å².